The molecule has 0 radical (unpaired) electrons. The molecule has 5 aromatic heterocycles. The number of pyridine rings is 2. The van der Waals surface area contributed by atoms with E-state index in [9.17, 15) is 27.6 Å². The average molecular weight is 1720 g/mol. The number of amides is 3. The predicted octanol–water partition coefficient (Wildman–Crippen LogP) is 9.71. The zero-order valence-electron chi connectivity index (χ0n) is 70.3. The van der Waals surface area contributed by atoms with Gasteiger partial charge in [-0.05, 0) is 153 Å². The van der Waals surface area contributed by atoms with Gasteiger partial charge in [-0.1, -0.05) is 56.1 Å². The quantitative estimate of drug-likeness (QED) is 0.0453. The van der Waals surface area contributed by atoms with E-state index in [2.05, 4.69) is 123 Å². The minimum Gasteiger partial charge on any atom is -0.462 e. The third-order valence-electron chi connectivity index (χ3n) is 24.1. The summed E-state index contributed by atoms with van der Waals surface area (Å²) in [6, 6.07) is 27.1. The van der Waals surface area contributed by atoms with Crippen molar-refractivity contribution in [3.8, 4) is 18.0 Å². The number of alkyl halides is 3. The first-order chi connectivity index (χ1) is 58.7. The molecule has 8 aromatic rings. The normalized spacial score (nSPS) is 19.6. The second kappa shape index (κ2) is 41.5. The second-order valence-corrected chi connectivity index (χ2v) is 31.8. The molecular formula is C89H108F3N23O6S2. The van der Waals surface area contributed by atoms with Crippen molar-refractivity contribution < 1.29 is 41.8 Å². The minimum absolute atomic E-state index is 0. The van der Waals surface area contributed by atoms with Gasteiger partial charge in [-0.15, -0.1) is 0 Å². The Kier molecular flexibility index (Phi) is 30.6. The number of fused-ring (bicyclic) bond motifs is 5. The summed E-state index contributed by atoms with van der Waals surface area (Å²) in [5.74, 6) is 1.89. The Balaban J connectivity index is 0.000000167. The summed E-state index contributed by atoms with van der Waals surface area (Å²) in [7, 11) is 8.11. The van der Waals surface area contributed by atoms with Crippen molar-refractivity contribution in [3.05, 3.63) is 209 Å². The van der Waals surface area contributed by atoms with E-state index < -0.39 is 11.7 Å². The first-order valence-electron chi connectivity index (χ1n) is 41.5. The first-order valence-corrected chi connectivity index (χ1v) is 41.5. The molecule has 3 amide bonds. The van der Waals surface area contributed by atoms with Gasteiger partial charge >= 0.3 is 24.2 Å². The smallest absolute Gasteiger partial charge is 0.418 e. The molecule has 0 aliphatic carbocycles. The lowest BCUT2D eigenvalue weighted by atomic mass is 10.0. The number of hydrogen-bond donors (Lipinski definition) is 0. The van der Waals surface area contributed by atoms with Gasteiger partial charge in [-0.2, -0.15) is 70.1 Å². The number of ether oxygens (including phenoxy) is 3. The van der Waals surface area contributed by atoms with Crippen LogP contribution >= 0.6 is 27.0 Å². The number of halogens is 3. The maximum atomic E-state index is 13.8. The van der Waals surface area contributed by atoms with E-state index >= 15 is 0 Å². The molecule has 16 rings (SSSR count). The van der Waals surface area contributed by atoms with Crippen molar-refractivity contribution >= 4 is 101 Å². The second-order valence-electron chi connectivity index (χ2n) is 31.8. The molecular weight excluding hydrogens is 1610 g/mol. The van der Waals surface area contributed by atoms with Crippen LogP contribution in [0.4, 0.5) is 47.7 Å². The van der Waals surface area contributed by atoms with Crippen LogP contribution < -0.4 is 43.6 Å². The van der Waals surface area contributed by atoms with Crippen LogP contribution in [-0.2, 0) is 59.5 Å². The fourth-order valence-corrected chi connectivity index (χ4v) is 17.7. The summed E-state index contributed by atoms with van der Waals surface area (Å²) in [6.45, 7) is 46.1. The van der Waals surface area contributed by atoms with Crippen molar-refractivity contribution in [1.29, 1.82) is 0 Å². The third-order valence-corrected chi connectivity index (χ3v) is 24.1. The lowest BCUT2D eigenvalue weighted by Crippen LogP contribution is -2.56. The lowest BCUT2D eigenvalue weighted by Gasteiger charge is -2.41. The molecule has 13 heterocycles. The Bertz CT molecular complexity index is 5010. The summed E-state index contributed by atoms with van der Waals surface area (Å²) in [4.78, 5) is 111. The molecule has 5 saturated heterocycles. The molecule has 5 fully saturated rings. The van der Waals surface area contributed by atoms with Gasteiger partial charge in [-0.25, -0.2) is 19.7 Å². The Hall–Kier alpha value is -11.6. The average Bonchev–Trinajstić information content (AvgIpc) is 0.958. The fourth-order valence-electron chi connectivity index (χ4n) is 17.7. The molecule has 0 bridgehead atoms. The highest BCUT2D eigenvalue weighted by Gasteiger charge is 2.41. The highest BCUT2D eigenvalue weighted by atomic mass is 32.1. The largest absolute Gasteiger partial charge is 0.462 e. The number of likely N-dealkylation sites (N-methyl/N-ethyl adjacent to an activating group) is 3. The Labute approximate surface area is 731 Å². The number of benzene rings is 3. The van der Waals surface area contributed by atoms with Crippen LogP contribution in [0, 0.1) is 19.7 Å². The van der Waals surface area contributed by atoms with Crippen LogP contribution in [0.3, 0.4) is 0 Å². The third kappa shape index (κ3) is 21.0. The number of rotatable bonds is 22. The van der Waals surface area contributed by atoms with Gasteiger partial charge in [0.1, 0.15) is 55.4 Å². The summed E-state index contributed by atoms with van der Waals surface area (Å²) in [5.41, 5.74) is 9.28. The highest BCUT2D eigenvalue weighted by molar-refractivity contribution is 7.59. The van der Waals surface area contributed by atoms with Crippen molar-refractivity contribution in [1.82, 2.24) is 69.3 Å². The zero-order chi connectivity index (χ0) is 84.8. The number of piperazine rings is 3. The Morgan fingerprint density at radius 1 is 0.472 bits per heavy atom. The molecule has 8 aliphatic heterocycles. The van der Waals surface area contributed by atoms with Crippen LogP contribution in [0.25, 0.3) is 36.3 Å². The maximum Gasteiger partial charge on any atom is 0.418 e. The minimum atomic E-state index is -4.48. The van der Waals surface area contributed by atoms with Gasteiger partial charge in [0, 0.05) is 154 Å². The predicted molar refractivity (Wildman–Crippen MR) is 481 cm³/mol. The van der Waals surface area contributed by atoms with E-state index in [-0.39, 0.29) is 101 Å². The van der Waals surface area contributed by atoms with Crippen LogP contribution in [0.2, 0.25) is 0 Å². The molecule has 648 valence electrons. The molecule has 0 saturated carbocycles. The van der Waals surface area contributed by atoms with Gasteiger partial charge in [0.2, 0.25) is 37.4 Å². The molecule has 0 N–H and O–H groups in total. The number of para-hydroxylation sites is 2. The summed E-state index contributed by atoms with van der Waals surface area (Å²) < 4.78 is 59.7. The number of carbonyl (C=O) groups is 3. The monoisotopic (exact) mass is 1720 g/mol. The summed E-state index contributed by atoms with van der Waals surface area (Å²) in [5, 5.41) is 2.25. The van der Waals surface area contributed by atoms with Crippen molar-refractivity contribution in [3.63, 3.8) is 0 Å². The van der Waals surface area contributed by atoms with E-state index in [0.29, 0.717) is 147 Å². The van der Waals surface area contributed by atoms with E-state index in [1.165, 1.54) is 43.2 Å². The molecule has 3 unspecified atom stereocenters. The SMILES string of the molecule is S.S.[C-]#[N+]CC1CN(c2nc(OCCN(C)C)nc3c2CCN(c2ccccc2C(F)(F)F)C3)CCN1C(=O)C=C.[C-]#[N+]CC1CN(c2nc(OC[C@@H]3CCCN3C)nc3c2CCN(c2cccc4ncccc24)C3)CCN1C(=O)C=C.[C-]#[N+]CC1CN(c2nc(OC[C@@H]3CCCN3C)nc3c2CCN(c2ccnc4ccccc24)C3)CCN1C(=O)C=C. The van der Waals surface area contributed by atoms with Gasteiger partial charge in [0.05, 0.1) is 53.3 Å². The van der Waals surface area contributed by atoms with Crippen molar-refractivity contribution in [2.24, 2.45) is 0 Å². The maximum absolute atomic E-state index is 13.8. The number of likely N-dealkylation sites (tertiary alicyclic amines) is 2. The Morgan fingerprint density at radius 3 is 1.28 bits per heavy atom. The van der Waals surface area contributed by atoms with E-state index in [4.69, 9.17) is 58.8 Å². The molecule has 5 atom stereocenters. The zero-order valence-corrected chi connectivity index (χ0v) is 72.3. The first kappa shape index (κ1) is 90.6. The number of carbonyl (C=O) groups excluding carboxylic acids is 3. The standard InChI is InChI=1S/2C31H36N8O2.C27H32F3N7O2.2H2S/c1-4-29(40)39-17-16-38(19-23(39)18-32-2)30-25-12-15-37(28-11-5-10-26-24(28)9-6-13-33-26)20-27(25)34-31(35-30)41-21-22-8-7-14-36(22)3;1-4-29(40)39-17-16-38(19-23(39)18-32-2)30-25-12-15-37(28-11-13-33-26-10-6-5-9-24(26)28)20-27(25)34-31(35-30)41-21-22-8-7-14-36(22)3;1-5-24(38)37-13-12-36(17-19(37)16-31-2)25-20-10-11-35(23-9-7-6-8-21(23)27(28,29)30)18-22(20)32-26(33-25)39-15-14-34(3)4;;/h2*4-6,9-11,13,22-23H,1,7-8,12,14-21H2,3H3;5-9,19H,1,10-18H2,3-4H3;2*1H2/t2*22-,23?;;;/m00.../s1. The summed E-state index contributed by atoms with van der Waals surface area (Å²) in [6.07, 6.45) is 9.70. The number of anilines is 6. The van der Waals surface area contributed by atoms with Gasteiger partial charge in [0.25, 0.3) is 0 Å². The van der Waals surface area contributed by atoms with Crippen LogP contribution in [0.1, 0.15) is 65.0 Å². The van der Waals surface area contributed by atoms with Crippen LogP contribution in [0.15, 0.2) is 135 Å². The van der Waals surface area contributed by atoms with Crippen LogP contribution in [0.5, 0.6) is 18.0 Å². The van der Waals surface area contributed by atoms with Crippen molar-refractivity contribution in [2.45, 2.75) is 101 Å². The van der Waals surface area contributed by atoms with E-state index in [1.54, 1.807) is 25.7 Å². The van der Waals surface area contributed by atoms with Gasteiger partial charge in [0.15, 0.2) is 0 Å². The number of nitrogens with zero attached hydrogens (tertiary/aromatic N) is 23. The number of aromatic nitrogens is 8. The number of hydrogen-bond acceptors (Lipinski definition) is 23. The summed E-state index contributed by atoms with van der Waals surface area (Å²) >= 11 is 0. The van der Waals surface area contributed by atoms with Crippen LogP contribution in [-0.4, -0.2) is 283 Å². The van der Waals surface area contributed by atoms with E-state index in [1.807, 2.05) is 66.6 Å². The fraction of sp³-hybridized carbons (Fsp3) is 0.461. The molecule has 8 aliphatic rings. The van der Waals surface area contributed by atoms with E-state index in [0.717, 1.165) is 131 Å². The molecule has 34 heteroatoms. The van der Waals surface area contributed by atoms with Crippen molar-refractivity contribution in [2.75, 3.05) is 195 Å². The molecule has 123 heavy (non-hydrogen) atoms. The molecule has 29 nitrogen and oxygen atoms in total. The highest BCUT2D eigenvalue weighted by Crippen LogP contribution is 2.42. The topological polar surface area (TPSA) is 234 Å². The lowest BCUT2D eigenvalue weighted by molar-refractivity contribution is -0.137. The van der Waals surface area contributed by atoms with Gasteiger partial charge in [-0.3, -0.25) is 24.4 Å². The van der Waals surface area contributed by atoms with Gasteiger partial charge < -0.3 is 87.5 Å². The Morgan fingerprint density at radius 2 is 0.862 bits per heavy atom. The molecule has 0 spiro atoms. The molecule has 3 aromatic carbocycles.